The summed E-state index contributed by atoms with van der Waals surface area (Å²) < 4.78 is 1.92. The topological polar surface area (TPSA) is 67.2 Å². The quantitative estimate of drug-likeness (QED) is 0.702. The van der Waals surface area contributed by atoms with Gasteiger partial charge in [-0.2, -0.15) is 5.10 Å². The Morgan fingerprint density at radius 2 is 1.90 bits per heavy atom. The molecule has 0 saturated heterocycles. The summed E-state index contributed by atoms with van der Waals surface area (Å²) in [5.74, 6) is 0.601. The summed E-state index contributed by atoms with van der Waals surface area (Å²) in [5, 5.41) is 8.90. The van der Waals surface area contributed by atoms with Gasteiger partial charge in [-0.15, -0.1) is 0 Å². The molecule has 1 aliphatic carbocycles. The number of rotatable bonds is 6. The Hall–Kier alpha value is -2.28. The summed E-state index contributed by atoms with van der Waals surface area (Å²) >= 11 is 1.54. The zero-order valence-corrected chi connectivity index (χ0v) is 18.4. The SMILES string of the molecule is Cc1nn(-c2ccccc2)c2c1N(CCCC(=O)NC1CCCCCC1)C(=O)CS2. The van der Waals surface area contributed by atoms with Gasteiger partial charge in [-0.25, -0.2) is 4.68 Å². The van der Waals surface area contributed by atoms with Crippen molar-refractivity contribution in [3.8, 4) is 5.69 Å². The lowest BCUT2D eigenvalue weighted by Gasteiger charge is -2.27. The summed E-state index contributed by atoms with van der Waals surface area (Å²) in [4.78, 5) is 26.9. The minimum absolute atomic E-state index is 0.0902. The first-order chi connectivity index (χ1) is 14.6. The second kappa shape index (κ2) is 9.69. The molecule has 0 spiro atoms. The van der Waals surface area contributed by atoms with Crippen molar-refractivity contribution in [2.45, 2.75) is 69.4 Å². The number of hydrogen-bond donors (Lipinski definition) is 1. The van der Waals surface area contributed by atoms with Crippen molar-refractivity contribution in [1.82, 2.24) is 15.1 Å². The van der Waals surface area contributed by atoms with Crippen molar-refractivity contribution >= 4 is 29.3 Å². The van der Waals surface area contributed by atoms with E-state index in [0.29, 0.717) is 31.2 Å². The normalized spacial score (nSPS) is 17.5. The van der Waals surface area contributed by atoms with Crippen molar-refractivity contribution in [1.29, 1.82) is 0 Å². The Morgan fingerprint density at radius 3 is 2.63 bits per heavy atom. The Morgan fingerprint density at radius 1 is 1.17 bits per heavy atom. The molecular weight excluding hydrogens is 396 g/mol. The van der Waals surface area contributed by atoms with Crippen LogP contribution in [0, 0.1) is 6.92 Å². The van der Waals surface area contributed by atoms with Gasteiger partial charge in [-0.05, 0) is 38.3 Å². The van der Waals surface area contributed by atoms with Gasteiger partial charge in [0, 0.05) is 19.0 Å². The lowest BCUT2D eigenvalue weighted by molar-refractivity contribution is -0.122. The number of hydrogen-bond acceptors (Lipinski definition) is 4. The Labute approximate surface area is 182 Å². The van der Waals surface area contributed by atoms with E-state index in [9.17, 15) is 9.59 Å². The number of thioether (sulfide) groups is 1. The molecule has 1 aromatic carbocycles. The van der Waals surface area contributed by atoms with E-state index in [0.717, 1.165) is 34.9 Å². The molecule has 1 aliphatic heterocycles. The number of aromatic nitrogens is 2. The van der Waals surface area contributed by atoms with Crippen LogP contribution < -0.4 is 10.2 Å². The van der Waals surface area contributed by atoms with E-state index in [1.165, 1.54) is 37.4 Å². The van der Waals surface area contributed by atoms with E-state index < -0.39 is 0 Å². The molecule has 4 rings (SSSR count). The van der Waals surface area contributed by atoms with Gasteiger partial charge < -0.3 is 10.2 Å². The number of carbonyl (C=O) groups is 2. The van der Waals surface area contributed by atoms with Gasteiger partial charge in [-0.3, -0.25) is 9.59 Å². The Kier molecular flexibility index (Phi) is 6.77. The van der Waals surface area contributed by atoms with Gasteiger partial charge in [0.25, 0.3) is 0 Å². The Balaban J connectivity index is 1.40. The van der Waals surface area contributed by atoms with E-state index in [1.807, 2.05) is 46.8 Å². The molecule has 0 bridgehead atoms. The second-order valence-corrected chi connectivity index (χ2v) is 9.14. The molecule has 1 aromatic heterocycles. The van der Waals surface area contributed by atoms with Gasteiger partial charge in [0.05, 0.1) is 22.8 Å². The van der Waals surface area contributed by atoms with Crippen LogP contribution in [-0.2, 0) is 9.59 Å². The highest BCUT2D eigenvalue weighted by atomic mass is 32.2. The molecule has 2 aromatic rings. The average Bonchev–Trinajstić information content (AvgIpc) is 2.90. The summed E-state index contributed by atoms with van der Waals surface area (Å²) in [7, 11) is 0. The molecule has 160 valence electrons. The maximum Gasteiger partial charge on any atom is 0.237 e. The standard InChI is InChI=1S/C23H30N4O2S/c1-17-22-23(27(25-17)19-12-7-4-8-13-19)30-16-21(29)26(22)15-9-14-20(28)24-18-10-5-2-3-6-11-18/h4,7-8,12-13,18H,2-3,5-6,9-11,14-16H2,1H3,(H,24,28). The van der Waals surface area contributed by atoms with Crippen LogP contribution in [0.2, 0.25) is 0 Å². The van der Waals surface area contributed by atoms with E-state index in [1.54, 1.807) is 0 Å². The maximum absolute atomic E-state index is 12.7. The molecule has 6 nitrogen and oxygen atoms in total. The fraction of sp³-hybridized carbons (Fsp3) is 0.522. The summed E-state index contributed by atoms with van der Waals surface area (Å²) in [6, 6.07) is 10.3. The van der Waals surface area contributed by atoms with Crippen LogP contribution in [0.25, 0.3) is 5.69 Å². The van der Waals surface area contributed by atoms with Crippen molar-refractivity contribution in [3.05, 3.63) is 36.0 Å². The van der Waals surface area contributed by atoms with E-state index in [-0.39, 0.29) is 11.8 Å². The van der Waals surface area contributed by atoms with Gasteiger partial charge in [0.15, 0.2) is 0 Å². The van der Waals surface area contributed by atoms with E-state index in [4.69, 9.17) is 5.10 Å². The largest absolute Gasteiger partial charge is 0.353 e. The maximum atomic E-state index is 12.7. The average molecular weight is 427 g/mol. The van der Waals surface area contributed by atoms with E-state index in [2.05, 4.69) is 5.32 Å². The van der Waals surface area contributed by atoms with Crippen LogP contribution in [0.4, 0.5) is 5.69 Å². The third kappa shape index (κ3) is 4.72. The molecule has 0 atom stereocenters. The fourth-order valence-corrected chi connectivity index (χ4v) is 5.45. The van der Waals surface area contributed by atoms with Gasteiger partial charge >= 0.3 is 0 Å². The number of aryl methyl sites for hydroxylation is 1. The number of nitrogens with one attached hydrogen (secondary N) is 1. The zero-order valence-electron chi connectivity index (χ0n) is 17.6. The molecule has 1 fully saturated rings. The molecule has 7 heteroatoms. The van der Waals surface area contributed by atoms with Crippen LogP contribution in [0.1, 0.15) is 57.1 Å². The van der Waals surface area contributed by atoms with E-state index >= 15 is 0 Å². The van der Waals surface area contributed by atoms with Crippen molar-refractivity contribution in [2.75, 3.05) is 17.2 Å². The van der Waals surface area contributed by atoms with Crippen LogP contribution in [0.15, 0.2) is 35.4 Å². The molecule has 30 heavy (non-hydrogen) atoms. The van der Waals surface area contributed by atoms with Crippen LogP contribution in [0.5, 0.6) is 0 Å². The number of para-hydroxylation sites is 1. The molecule has 2 amide bonds. The molecule has 1 saturated carbocycles. The predicted molar refractivity (Wildman–Crippen MR) is 120 cm³/mol. The summed E-state index contributed by atoms with van der Waals surface area (Å²) in [6.45, 7) is 2.50. The number of carbonyl (C=O) groups excluding carboxylic acids is 2. The number of benzene rings is 1. The first-order valence-corrected chi connectivity index (χ1v) is 12.0. The van der Waals surface area contributed by atoms with Gasteiger partial charge in [-0.1, -0.05) is 55.6 Å². The predicted octanol–water partition coefficient (Wildman–Crippen LogP) is 4.24. The number of anilines is 1. The number of fused-ring (bicyclic) bond motifs is 1. The first kappa shape index (κ1) is 21.0. The van der Waals surface area contributed by atoms with Crippen LogP contribution in [-0.4, -0.2) is 39.9 Å². The molecule has 0 radical (unpaired) electrons. The lowest BCUT2D eigenvalue weighted by Crippen LogP contribution is -2.38. The number of amides is 2. The Bertz CT molecular complexity index is 888. The highest BCUT2D eigenvalue weighted by Crippen LogP contribution is 2.39. The fourth-order valence-electron chi connectivity index (χ4n) is 4.37. The molecule has 2 aliphatic rings. The second-order valence-electron chi connectivity index (χ2n) is 8.18. The number of nitrogens with zero attached hydrogens (tertiary/aromatic N) is 3. The molecular formula is C23H30N4O2S. The molecule has 0 unspecified atom stereocenters. The third-order valence-electron chi connectivity index (χ3n) is 5.90. The minimum atomic E-state index is 0.0902. The summed E-state index contributed by atoms with van der Waals surface area (Å²) in [5.41, 5.74) is 2.73. The zero-order chi connectivity index (χ0) is 20.9. The third-order valence-corrected chi connectivity index (χ3v) is 6.93. The monoisotopic (exact) mass is 426 g/mol. The highest BCUT2D eigenvalue weighted by Gasteiger charge is 2.31. The minimum Gasteiger partial charge on any atom is -0.353 e. The lowest BCUT2D eigenvalue weighted by atomic mass is 10.1. The van der Waals surface area contributed by atoms with Crippen LogP contribution >= 0.6 is 11.8 Å². The van der Waals surface area contributed by atoms with Gasteiger partial charge in [0.1, 0.15) is 5.03 Å². The molecule has 2 heterocycles. The first-order valence-electron chi connectivity index (χ1n) is 11.0. The van der Waals surface area contributed by atoms with Crippen molar-refractivity contribution in [3.63, 3.8) is 0 Å². The van der Waals surface area contributed by atoms with Crippen molar-refractivity contribution < 1.29 is 9.59 Å². The highest BCUT2D eigenvalue weighted by molar-refractivity contribution is 8.00. The van der Waals surface area contributed by atoms with Gasteiger partial charge in [0.2, 0.25) is 11.8 Å². The molecule has 1 N–H and O–H groups in total. The smallest absolute Gasteiger partial charge is 0.237 e. The summed E-state index contributed by atoms with van der Waals surface area (Å²) in [6.07, 6.45) is 8.26. The van der Waals surface area contributed by atoms with Crippen molar-refractivity contribution in [2.24, 2.45) is 0 Å². The van der Waals surface area contributed by atoms with Crippen LogP contribution in [0.3, 0.4) is 0 Å².